The molecule has 14 aromatic rings. The van der Waals surface area contributed by atoms with Crippen LogP contribution in [0.2, 0.25) is 15.1 Å². The van der Waals surface area contributed by atoms with Crippen LogP contribution in [0.25, 0.3) is 50.7 Å². The van der Waals surface area contributed by atoms with Crippen LogP contribution in [0.4, 0.5) is 4.39 Å². The Morgan fingerprint density at radius 1 is 0.421 bits per heavy atom. The molecule has 0 radical (unpaired) electrons. The molecular weight excluding hydrogens is 1900 g/mol. The first kappa shape index (κ1) is 103. The Labute approximate surface area is 855 Å². The predicted octanol–water partition coefficient (Wildman–Crippen LogP) is 17.2. The van der Waals surface area contributed by atoms with Crippen molar-refractivity contribution in [2.75, 3.05) is 72.0 Å². The second kappa shape index (κ2) is 39.9. The van der Waals surface area contributed by atoms with Crippen LogP contribution < -0.4 is 5.32 Å². The molecule has 4 saturated heterocycles. The highest BCUT2D eigenvalue weighted by atomic mass is 35.5. The van der Waals surface area contributed by atoms with E-state index in [9.17, 15) is 42.7 Å². The molecule has 0 saturated carbocycles. The van der Waals surface area contributed by atoms with Crippen LogP contribution in [0.15, 0.2) is 192 Å². The Balaban J connectivity index is 0.000000139. The number of imidazole rings is 4. The molecule has 10 aromatic heterocycles. The van der Waals surface area contributed by atoms with Crippen molar-refractivity contribution >= 4 is 105 Å². The van der Waals surface area contributed by atoms with E-state index in [4.69, 9.17) is 74.6 Å². The van der Waals surface area contributed by atoms with Gasteiger partial charge in [-0.3, -0.25) is 43.3 Å². The summed E-state index contributed by atoms with van der Waals surface area (Å²) in [5.74, 6) is -0.891. The smallest absolute Gasteiger partial charge is 0.311 e. The predicted molar refractivity (Wildman–Crippen MR) is 550 cm³/mol. The molecule has 5 aliphatic heterocycles. The van der Waals surface area contributed by atoms with Crippen molar-refractivity contribution in [3.05, 3.63) is 278 Å². The van der Waals surface area contributed by atoms with Gasteiger partial charge >= 0.3 is 11.8 Å². The number of pyridine rings is 1. The summed E-state index contributed by atoms with van der Waals surface area (Å²) in [6.07, 6.45) is 12.1. The number of rotatable bonds is 11. The van der Waals surface area contributed by atoms with E-state index in [1.54, 1.807) is 153 Å². The first-order valence-electron chi connectivity index (χ1n) is 48.1. The maximum atomic E-state index is 13.8. The average molecular weight is 2020 g/mol. The number of halogens is 4. The monoisotopic (exact) mass is 2020 g/mol. The summed E-state index contributed by atoms with van der Waals surface area (Å²) in [4.78, 5) is 149. The molecule has 4 fully saturated rings. The lowest BCUT2D eigenvalue weighted by Gasteiger charge is -2.46. The van der Waals surface area contributed by atoms with E-state index in [1.807, 2.05) is 133 Å². The second-order valence-electron chi connectivity index (χ2n) is 43.5. The van der Waals surface area contributed by atoms with Gasteiger partial charge in [-0.05, 0) is 168 Å². The maximum Gasteiger partial charge on any atom is 0.311 e. The Kier molecular flexibility index (Phi) is 28.5. The van der Waals surface area contributed by atoms with Crippen molar-refractivity contribution in [2.45, 2.75) is 196 Å². The summed E-state index contributed by atoms with van der Waals surface area (Å²) in [5.41, 5.74) is 9.59. The fourth-order valence-corrected chi connectivity index (χ4v) is 19.0. The molecule has 0 spiro atoms. The number of aromatic nitrogens is 16. The van der Waals surface area contributed by atoms with Gasteiger partial charge in [-0.2, -0.15) is 20.4 Å². The summed E-state index contributed by atoms with van der Waals surface area (Å²) in [7, 11) is 0. The van der Waals surface area contributed by atoms with Gasteiger partial charge in [0.15, 0.2) is 16.9 Å². The lowest BCUT2D eigenvalue weighted by molar-refractivity contribution is -0.133. The Bertz CT molecular complexity index is 7100. The maximum absolute atomic E-state index is 13.8. The Morgan fingerprint density at radius 2 is 0.807 bits per heavy atom. The molecule has 145 heavy (non-hydrogen) atoms. The van der Waals surface area contributed by atoms with E-state index < -0.39 is 22.2 Å². The highest BCUT2D eigenvalue weighted by molar-refractivity contribution is 6.31. The van der Waals surface area contributed by atoms with Crippen LogP contribution in [0.5, 0.6) is 0 Å². The zero-order chi connectivity index (χ0) is 104. The summed E-state index contributed by atoms with van der Waals surface area (Å²) in [6, 6.07) is 41.9. The molecule has 34 nitrogen and oxygen atoms in total. The molecule has 38 heteroatoms. The number of piperazine rings is 4. The molecule has 0 bridgehead atoms. The van der Waals surface area contributed by atoms with Gasteiger partial charge in [0.2, 0.25) is 17.6 Å². The molecule has 5 aliphatic rings. The van der Waals surface area contributed by atoms with E-state index >= 15 is 0 Å². The van der Waals surface area contributed by atoms with Gasteiger partial charge in [0.1, 0.15) is 45.7 Å². The number of carbonyl (C=O) groups excluding carboxylic acids is 8. The molecule has 15 heterocycles. The van der Waals surface area contributed by atoms with Crippen LogP contribution in [-0.4, -0.2) is 260 Å². The number of benzene rings is 4. The van der Waals surface area contributed by atoms with E-state index in [1.165, 1.54) is 12.1 Å². The van der Waals surface area contributed by atoms with E-state index in [0.29, 0.717) is 139 Å². The first-order chi connectivity index (χ1) is 68.2. The van der Waals surface area contributed by atoms with Crippen molar-refractivity contribution in [1.82, 2.24) is 118 Å². The third-order valence-electron chi connectivity index (χ3n) is 26.6. The minimum absolute atomic E-state index is 0.0178. The summed E-state index contributed by atoms with van der Waals surface area (Å²) < 4.78 is 25.4. The van der Waals surface area contributed by atoms with Gasteiger partial charge in [0.05, 0.1) is 64.2 Å². The lowest BCUT2D eigenvalue weighted by atomic mass is 9.76. The lowest BCUT2D eigenvalue weighted by Crippen LogP contribution is -2.63. The second-order valence-corrected chi connectivity index (χ2v) is 44.8. The SMILES string of the molecule is CC(C)(C)C1CC(c2ccc(F)cc2)=Nn2cc(C(=O)N3CCNC(=O)C3(C)C)nc21.CC(C)(C)c1cc(-c2ccc(Cl)cc2)nn2cc(C(=O)N3CCN(C(=O)c4ccccn4)CC3(C)C)nc12.CC(C)(C)c1cc(-c2ccc(Cl)cc2)nn2cc(C(=O)N3CCN(C(=O)c4ncccn4)CC3(C)C)nc12.Cc1nnc(C(=O)N2CCN(C(=O)c3cn4nc(-c5ccc(Cl)cc5)cc(C(C)(C)C)c4n3)C(C)(C)C2)o1. The Hall–Kier alpha value is -14.5. The molecular formula is C107H119Cl3FN25O9. The van der Waals surface area contributed by atoms with Gasteiger partial charge in [-0.15, -0.1) is 10.2 Å². The van der Waals surface area contributed by atoms with Crippen LogP contribution in [0.1, 0.15) is 259 Å². The van der Waals surface area contributed by atoms with Crippen molar-refractivity contribution in [1.29, 1.82) is 0 Å². The molecule has 754 valence electrons. The molecule has 0 aliphatic carbocycles. The van der Waals surface area contributed by atoms with Gasteiger partial charge in [-0.1, -0.05) is 172 Å². The normalized spacial score (nSPS) is 16.8. The van der Waals surface area contributed by atoms with Crippen LogP contribution in [0, 0.1) is 18.2 Å². The number of nitrogens with zero attached hydrogens (tertiary/aromatic N) is 24. The fraction of sp³-hybridized carbons (Fsp3) is 0.393. The average Bonchev–Trinajstić information content (AvgIpc) is 1.65. The van der Waals surface area contributed by atoms with Crippen molar-refractivity contribution < 1.29 is 47.2 Å². The number of carbonyl (C=O) groups is 8. The standard InChI is InChI=1S/C29H31ClN6O2.C28H30ClN7O2.C27H30ClN7O3.C23H28FN5O2/c1-28(2,3)21-16-23(19-9-11-20(30)12-10-19)33-36-17-24(32-25(21)36)27(38)35-15-14-34(18-29(35,4)5)26(37)22-8-6-7-13-31-22;1-27(2,3)20-15-21(18-7-9-19(29)10-8-18)33-36-16-22(32-24(20)36)25(37)35-14-13-34(17-28(35,4)5)26(38)23-30-11-6-12-31-23;1-16-30-31-23(38-16)25(37)33-11-12-34(27(5,6)15-33)24(36)21-14-35-22(29-21)19(26(2,3)4)13-20(32-35)17-7-9-18(28)10-8-17;1-22(2,3)16-12-17(14-6-8-15(24)9-7-14)27-29-13-18(26-19(16)29)20(30)28-11-10-25-21(31)23(28,4)5/h6-13,16-17H,14-15,18H2,1-5H3;6-12,15-16H,13-14,17H2,1-5H3;7-10,13-14H,11-12,15H2,1-6H3;6-9,13,16H,10-12H2,1-5H3,(H,25,31). The van der Waals surface area contributed by atoms with Crippen LogP contribution >= 0.6 is 34.8 Å². The number of nitrogens with one attached hydrogen (secondary N) is 1. The topological polar surface area (TPSA) is 370 Å². The van der Waals surface area contributed by atoms with Crippen molar-refractivity contribution in [3.63, 3.8) is 0 Å². The molecule has 19 rings (SSSR count). The van der Waals surface area contributed by atoms with Gasteiger partial charge in [-0.25, -0.2) is 52.5 Å². The minimum atomic E-state index is -0.953. The highest BCUT2D eigenvalue weighted by Crippen LogP contribution is 2.43. The summed E-state index contributed by atoms with van der Waals surface area (Å²) in [5, 5.41) is 31.4. The van der Waals surface area contributed by atoms with Crippen LogP contribution in [-0.2, 0) is 21.0 Å². The largest absolute Gasteiger partial charge is 0.417 e. The quantitative estimate of drug-likeness (QED) is 0.126. The summed E-state index contributed by atoms with van der Waals surface area (Å²) in [6.45, 7) is 46.3. The van der Waals surface area contributed by atoms with E-state index in [-0.39, 0.29) is 98.1 Å². The summed E-state index contributed by atoms with van der Waals surface area (Å²) >= 11 is 18.3. The molecule has 1 unspecified atom stereocenters. The van der Waals surface area contributed by atoms with Crippen molar-refractivity contribution in [3.8, 4) is 33.8 Å². The van der Waals surface area contributed by atoms with Crippen LogP contribution in [0.3, 0.4) is 0 Å². The number of amides is 8. The number of fused-ring (bicyclic) bond motifs is 4. The fourth-order valence-electron chi connectivity index (χ4n) is 18.6. The third-order valence-corrected chi connectivity index (χ3v) is 27.4. The first-order valence-corrected chi connectivity index (χ1v) is 49.2. The van der Waals surface area contributed by atoms with Crippen molar-refractivity contribution in [2.24, 2.45) is 10.5 Å². The zero-order valence-electron chi connectivity index (χ0n) is 85.3. The van der Waals surface area contributed by atoms with E-state index in [2.05, 4.69) is 119 Å². The minimum Gasteiger partial charge on any atom is -0.417 e. The molecule has 1 atom stereocenters. The van der Waals surface area contributed by atoms with Gasteiger partial charge in [0, 0.05) is 158 Å². The molecule has 4 aromatic carbocycles. The number of aryl methyl sites for hydroxylation is 1. The molecule has 1 N–H and O–H groups in total. The van der Waals surface area contributed by atoms with E-state index in [0.717, 1.165) is 67.6 Å². The third kappa shape index (κ3) is 22.1. The number of hydrogen-bond acceptors (Lipinski definition) is 22. The molecule has 8 amide bonds. The number of hydrogen-bond donors (Lipinski definition) is 1. The highest BCUT2D eigenvalue weighted by Gasteiger charge is 2.47. The van der Waals surface area contributed by atoms with Gasteiger partial charge in [0.25, 0.3) is 35.4 Å². The van der Waals surface area contributed by atoms with Gasteiger partial charge < -0.3 is 44.0 Å². The Morgan fingerprint density at radius 3 is 1.19 bits per heavy atom. The zero-order valence-corrected chi connectivity index (χ0v) is 87.6.